The Morgan fingerprint density at radius 3 is 2.66 bits per heavy atom. The van der Waals surface area contributed by atoms with Crippen molar-refractivity contribution in [3.8, 4) is 5.75 Å². The van der Waals surface area contributed by atoms with E-state index in [1.54, 1.807) is 11.7 Å². The third kappa shape index (κ3) is 2.87. The van der Waals surface area contributed by atoms with E-state index in [9.17, 15) is 14.4 Å². The third-order valence-corrected chi connectivity index (χ3v) is 5.11. The van der Waals surface area contributed by atoms with Crippen molar-refractivity contribution in [2.75, 3.05) is 25.7 Å². The molecule has 0 fully saturated rings. The Morgan fingerprint density at radius 2 is 1.93 bits per heavy atom. The molecule has 0 bridgehead atoms. The number of aryl methyl sites for hydroxylation is 2. The lowest BCUT2D eigenvalue weighted by molar-refractivity contribution is -0.141. The van der Waals surface area contributed by atoms with E-state index >= 15 is 0 Å². The lowest BCUT2D eigenvalue weighted by Gasteiger charge is -2.30. The molecule has 0 radical (unpaired) electrons. The molecule has 0 saturated carbocycles. The number of hydrogen-bond acceptors (Lipinski definition) is 7. The molecule has 0 spiro atoms. The molecule has 3 heterocycles. The second kappa shape index (κ2) is 7.12. The smallest absolute Gasteiger partial charge is 0.333 e. The molecule has 0 N–H and O–H groups in total. The van der Waals surface area contributed by atoms with Crippen molar-refractivity contribution in [2.24, 2.45) is 7.05 Å². The average Bonchev–Trinajstić information content (AvgIpc) is 3.15. The second-order valence-corrected chi connectivity index (χ2v) is 6.72. The van der Waals surface area contributed by atoms with E-state index in [0.29, 0.717) is 24.8 Å². The number of rotatable bonds is 4. The quantitative estimate of drug-likeness (QED) is 0.593. The van der Waals surface area contributed by atoms with Crippen molar-refractivity contribution in [3.05, 3.63) is 45.1 Å². The van der Waals surface area contributed by atoms with Crippen LogP contribution >= 0.6 is 0 Å². The largest absolute Gasteiger partial charge is 0.495 e. The summed E-state index contributed by atoms with van der Waals surface area (Å²) in [6.07, 6.45) is 0.774. The van der Waals surface area contributed by atoms with Crippen LogP contribution in [0, 0.1) is 0 Å². The summed E-state index contributed by atoms with van der Waals surface area (Å²) in [5.74, 6) is 0.571. The van der Waals surface area contributed by atoms with Crippen molar-refractivity contribution in [2.45, 2.75) is 19.5 Å². The Bertz CT molecular complexity index is 1220. The normalized spacial score (nSPS) is 13.4. The molecule has 1 aliphatic heterocycles. The van der Waals surface area contributed by atoms with Gasteiger partial charge in [0.2, 0.25) is 5.95 Å². The molecule has 0 atom stereocenters. The summed E-state index contributed by atoms with van der Waals surface area (Å²) in [6.45, 7) is 0.811. The molecule has 0 unspecified atom stereocenters. The fourth-order valence-corrected chi connectivity index (χ4v) is 3.68. The van der Waals surface area contributed by atoms with E-state index in [4.69, 9.17) is 4.74 Å². The van der Waals surface area contributed by atoms with Crippen LogP contribution in [0.1, 0.15) is 6.42 Å². The second-order valence-electron chi connectivity index (χ2n) is 6.72. The van der Waals surface area contributed by atoms with Gasteiger partial charge in [0, 0.05) is 20.1 Å². The van der Waals surface area contributed by atoms with Gasteiger partial charge in [-0.1, -0.05) is 12.1 Å². The van der Waals surface area contributed by atoms with E-state index < -0.39 is 23.8 Å². The van der Waals surface area contributed by atoms with Crippen LogP contribution in [-0.2, 0) is 29.7 Å². The lowest BCUT2D eigenvalue weighted by Crippen LogP contribution is -2.41. The average molecular weight is 399 g/mol. The first-order valence-corrected chi connectivity index (χ1v) is 9.15. The summed E-state index contributed by atoms with van der Waals surface area (Å²) < 4.78 is 14.1. The number of carbonyl (C=O) groups excluding carboxylic acids is 1. The highest BCUT2D eigenvalue weighted by molar-refractivity contribution is 5.78. The van der Waals surface area contributed by atoms with Crippen molar-refractivity contribution >= 4 is 28.8 Å². The predicted octanol–water partition coefficient (Wildman–Crippen LogP) is 0.620. The number of para-hydroxylation sites is 2. The third-order valence-electron chi connectivity index (χ3n) is 5.11. The van der Waals surface area contributed by atoms with Crippen LogP contribution in [-0.4, -0.2) is 45.4 Å². The zero-order chi connectivity index (χ0) is 20.7. The number of aromatic nitrogens is 4. The predicted molar refractivity (Wildman–Crippen MR) is 106 cm³/mol. The zero-order valence-corrected chi connectivity index (χ0v) is 16.4. The minimum absolute atomic E-state index is 0.276. The maximum absolute atomic E-state index is 13.1. The van der Waals surface area contributed by atoms with Gasteiger partial charge in [0.05, 0.1) is 19.9 Å². The molecular weight excluding hydrogens is 378 g/mol. The Balaban J connectivity index is 1.97. The summed E-state index contributed by atoms with van der Waals surface area (Å²) in [5.41, 5.74) is 0.205. The SMILES string of the molecule is COC(=O)Cn1c(=O)c2c(nc3n2CCCN3c2ccccc2OC)n(C)c1=O. The van der Waals surface area contributed by atoms with Gasteiger partial charge in [-0.25, -0.2) is 9.36 Å². The summed E-state index contributed by atoms with van der Waals surface area (Å²) >= 11 is 0. The molecule has 1 aromatic carbocycles. The summed E-state index contributed by atoms with van der Waals surface area (Å²) in [4.78, 5) is 44.0. The van der Waals surface area contributed by atoms with E-state index in [-0.39, 0.29) is 11.2 Å². The van der Waals surface area contributed by atoms with Gasteiger partial charge in [0.15, 0.2) is 11.2 Å². The molecule has 10 nitrogen and oxygen atoms in total. The lowest BCUT2D eigenvalue weighted by atomic mass is 10.2. The summed E-state index contributed by atoms with van der Waals surface area (Å²) in [7, 11) is 4.34. The molecule has 2 aromatic heterocycles. The van der Waals surface area contributed by atoms with E-state index in [1.165, 1.54) is 18.7 Å². The van der Waals surface area contributed by atoms with Gasteiger partial charge in [-0.2, -0.15) is 4.98 Å². The molecule has 0 amide bonds. The number of nitrogens with zero attached hydrogens (tertiary/aromatic N) is 5. The molecule has 0 saturated heterocycles. The van der Waals surface area contributed by atoms with Crippen molar-refractivity contribution in [1.29, 1.82) is 0 Å². The molecule has 10 heteroatoms. The summed E-state index contributed by atoms with van der Waals surface area (Å²) in [5, 5.41) is 0. The fraction of sp³-hybridized carbons (Fsp3) is 0.368. The van der Waals surface area contributed by atoms with Crippen LogP contribution in [0.25, 0.3) is 11.2 Å². The Kier molecular flexibility index (Phi) is 4.61. The number of imidazole rings is 1. The van der Waals surface area contributed by atoms with Gasteiger partial charge in [-0.3, -0.25) is 14.2 Å². The zero-order valence-electron chi connectivity index (χ0n) is 16.4. The van der Waals surface area contributed by atoms with E-state index in [2.05, 4.69) is 9.72 Å². The van der Waals surface area contributed by atoms with Crippen LogP contribution in [0.4, 0.5) is 11.6 Å². The van der Waals surface area contributed by atoms with Gasteiger partial charge >= 0.3 is 11.7 Å². The van der Waals surface area contributed by atoms with E-state index in [0.717, 1.165) is 16.7 Å². The molecule has 1 aliphatic rings. The maximum Gasteiger partial charge on any atom is 0.333 e. The molecule has 152 valence electrons. The number of hydrogen-bond donors (Lipinski definition) is 0. The van der Waals surface area contributed by atoms with E-state index in [1.807, 2.05) is 29.2 Å². The number of benzene rings is 1. The number of methoxy groups -OCH3 is 2. The van der Waals surface area contributed by atoms with Crippen LogP contribution < -0.4 is 20.9 Å². The van der Waals surface area contributed by atoms with Crippen molar-refractivity contribution in [3.63, 3.8) is 0 Å². The Morgan fingerprint density at radius 1 is 1.17 bits per heavy atom. The topological polar surface area (TPSA) is 101 Å². The maximum atomic E-state index is 13.1. The first kappa shape index (κ1) is 18.8. The van der Waals surface area contributed by atoms with Gasteiger partial charge in [0.25, 0.3) is 5.56 Å². The van der Waals surface area contributed by atoms with Crippen LogP contribution in [0.2, 0.25) is 0 Å². The Labute approximate surface area is 165 Å². The highest BCUT2D eigenvalue weighted by Crippen LogP contribution is 2.36. The van der Waals surface area contributed by atoms with Gasteiger partial charge < -0.3 is 18.9 Å². The first-order chi connectivity index (χ1) is 14.0. The standard InChI is InChI=1S/C19H21N5O5/c1-21-16-15(17(26)24(19(21)27)11-14(25)29-3)23-10-6-9-22(18(23)20-16)12-7-4-5-8-13(12)28-2/h4-5,7-8H,6,9-11H2,1-3H3. The van der Waals surface area contributed by atoms with Crippen LogP contribution in [0.3, 0.4) is 0 Å². The highest BCUT2D eigenvalue weighted by Gasteiger charge is 2.28. The minimum Gasteiger partial charge on any atom is -0.495 e. The Hall–Kier alpha value is -3.56. The van der Waals surface area contributed by atoms with Gasteiger partial charge in [0.1, 0.15) is 12.3 Å². The summed E-state index contributed by atoms with van der Waals surface area (Å²) in [6, 6.07) is 7.56. The number of ether oxygens (including phenoxy) is 2. The van der Waals surface area contributed by atoms with Crippen LogP contribution in [0.5, 0.6) is 5.75 Å². The van der Waals surface area contributed by atoms with Crippen molar-refractivity contribution < 1.29 is 14.3 Å². The fourth-order valence-electron chi connectivity index (χ4n) is 3.68. The molecular formula is C19H21N5O5. The first-order valence-electron chi connectivity index (χ1n) is 9.15. The molecule has 4 rings (SSSR count). The number of fused-ring (bicyclic) bond motifs is 3. The van der Waals surface area contributed by atoms with Crippen LogP contribution in [0.15, 0.2) is 33.9 Å². The highest BCUT2D eigenvalue weighted by atomic mass is 16.5. The molecule has 3 aromatic rings. The minimum atomic E-state index is -0.669. The number of anilines is 2. The molecule has 29 heavy (non-hydrogen) atoms. The van der Waals surface area contributed by atoms with Gasteiger partial charge in [-0.05, 0) is 18.6 Å². The van der Waals surface area contributed by atoms with Gasteiger partial charge in [-0.15, -0.1) is 0 Å². The van der Waals surface area contributed by atoms with Crippen molar-refractivity contribution in [1.82, 2.24) is 18.7 Å². The number of esters is 1. The monoisotopic (exact) mass is 399 g/mol. The number of carbonyl (C=O) groups is 1. The molecule has 0 aliphatic carbocycles.